The molecule has 0 spiro atoms. The third-order valence-electron chi connectivity index (χ3n) is 7.33. The molecule has 4 nitrogen and oxygen atoms in total. The van der Waals surface area contributed by atoms with E-state index >= 15 is 0 Å². The summed E-state index contributed by atoms with van der Waals surface area (Å²) < 4.78 is 2.18. The first-order valence-electron chi connectivity index (χ1n) is 12.8. The van der Waals surface area contributed by atoms with Crippen LogP contribution in [0.4, 0.5) is 0 Å². The van der Waals surface area contributed by atoms with Gasteiger partial charge in [0, 0.05) is 30.4 Å². The van der Waals surface area contributed by atoms with Crippen molar-refractivity contribution in [2.45, 2.75) is 52.0 Å². The minimum atomic E-state index is -0.879. The molecule has 4 heteroatoms. The van der Waals surface area contributed by atoms with Crippen LogP contribution in [0.2, 0.25) is 0 Å². The number of rotatable bonds is 8. The zero-order valence-electron chi connectivity index (χ0n) is 20.7. The number of aryl methyl sites for hydroxylation is 1. The molecule has 0 bridgehead atoms. The quantitative estimate of drug-likeness (QED) is 0.289. The molecule has 1 aliphatic heterocycles. The molecule has 2 heterocycles. The van der Waals surface area contributed by atoms with Crippen molar-refractivity contribution in [1.82, 2.24) is 9.47 Å². The van der Waals surface area contributed by atoms with E-state index in [9.17, 15) is 9.90 Å². The normalized spacial score (nSPS) is 13.9. The lowest BCUT2D eigenvalue weighted by atomic mass is 9.93. The first-order valence-corrected chi connectivity index (χ1v) is 12.8. The minimum Gasteiger partial charge on any atom is -0.478 e. The Labute approximate surface area is 207 Å². The maximum Gasteiger partial charge on any atom is 0.335 e. The molecule has 0 saturated carbocycles. The Morgan fingerprint density at radius 2 is 1.80 bits per heavy atom. The molecule has 0 radical (unpaired) electrons. The Bertz CT molecular complexity index is 1340. The summed E-state index contributed by atoms with van der Waals surface area (Å²) in [7, 11) is 0. The number of nitrogens with zero attached hydrogens (tertiary/aromatic N) is 2. The highest BCUT2D eigenvalue weighted by Crippen LogP contribution is 2.28. The molecule has 4 aromatic rings. The van der Waals surface area contributed by atoms with Gasteiger partial charge in [0.2, 0.25) is 0 Å². The van der Waals surface area contributed by atoms with E-state index in [2.05, 4.69) is 59.8 Å². The number of fused-ring (bicyclic) bond motifs is 2. The number of aromatic nitrogens is 1. The van der Waals surface area contributed by atoms with Crippen molar-refractivity contribution in [3.8, 4) is 5.69 Å². The number of carboxylic acid groups (broad SMARTS) is 1. The van der Waals surface area contributed by atoms with Crippen LogP contribution in [0.25, 0.3) is 16.6 Å². The van der Waals surface area contributed by atoms with Crippen LogP contribution in [0.1, 0.15) is 65.2 Å². The van der Waals surface area contributed by atoms with Gasteiger partial charge < -0.3 is 9.67 Å². The van der Waals surface area contributed by atoms with Gasteiger partial charge in [-0.15, -0.1) is 0 Å². The van der Waals surface area contributed by atoms with E-state index in [0.717, 1.165) is 61.9 Å². The molecule has 0 atom stereocenters. The molecule has 0 fully saturated rings. The van der Waals surface area contributed by atoms with E-state index in [1.165, 1.54) is 22.3 Å². The number of hydrogen-bond acceptors (Lipinski definition) is 2. The Balaban J connectivity index is 1.26. The molecule has 35 heavy (non-hydrogen) atoms. The average molecular weight is 467 g/mol. The van der Waals surface area contributed by atoms with Gasteiger partial charge in [0.25, 0.3) is 0 Å². The van der Waals surface area contributed by atoms with Gasteiger partial charge in [-0.1, -0.05) is 50.2 Å². The second kappa shape index (κ2) is 10.1. The largest absolute Gasteiger partial charge is 0.478 e. The van der Waals surface area contributed by atoms with Crippen LogP contribution in [0.15, 0.2) is 72.9 Å². The maximum absolute atomic E-state index is 11.6. The molecular weight excluding hydrogens is 432 g/mol. The van der Waals surface area contributed by atoms with Crippen molar-refractivity contribution in [1.29, 1.82) is 0 Å². The molecular formula is C31H34N2O2. The molecule has 180 valence electrons. The van der Waals surface area contributed by atoms with Crippen molar-refractivity contribution in [3.63, 3.8) is 0 Å². The van der Waals surface area contributed by atoms with Crippen LogP contribution in [0.3, 0.4) is 0 Å². The van der Waals surface area contributed by atoms with Gasteiger partial charge in [-0.05, 0) is 90.7 Å². The second-order valence-electron chi connectivity index (χ2n) is 10.1. The Morgan fingerprint density at radius 3 is 2.57 bits per heavy atom. The number of carbonyl (C=O) groups is 1. The SMILES string of the molecule is CC(C)c1ccc2c(c1)CCN(CCCCc1cn(-c3ccccc3)c3ccc(C(=O)O)cc13)C2. The highest BCUT2D eigenvalue weighted by atomic mass is 16.4. The molecule has 1 N–H and O–H groups in total. The summed E-state index contributed by atoms with van der Waals surface area (Å²) in [6, 6.07) is 22.8. The molecule has 0 aliphatic carbocycles. The van der Waals surface area contributed by atoms with Gasteiger partial charge in [0.05, 0.1) is 11.1 Å². The van der Waals surface area contributed by atoms with Crippen molar-refractivity contribution >= 4 is 16.9 Å². The lowest BCUT2D eigenvalue weighted by Gasteiger charge is -2.29. The first kappa shape index (κ1) is 23.4. The summed E-state index contributed by atoms with van der Waals surface area (Å²) in [4.78, 5) is 14.2. The van der Waals surface area contributed by atoms with Crippen LogP contribution in [0, 0.1) is 0 Å². The smallest absolute Gasteiger partial charge is 0.335 e. The number of para-hydroxylation sites is 1. The number of benzene rings is 3. The second-order valence-corrected chi connectivity index (χ2v) is 10.1. The summed E-state index contributed by atoms with van der Waals surface area (Å²) in [5, 5.41) is 10.6. The predicted octanol–water partition coefficient (Wildman–Crippen LogP) is 6.83. The highest BCUT2D eigenvalue weighted by molar-refractivity contribution is 5.95. The van der Waals surface area contributed by atoms with Crippen LogP contribution < -0.4 is 0 Å². The maximum atomic E-state index is 11.6. The number of unbranched alkanes of at least 4 members (excludes halogenated alkanes) is 1. The van der Waals surface area contributed by atoms with Crippen LogP contribution >= 0.6 is 0 Å². The van der Waals surface area contributed by atoms with E-state index in [1.807, 2.05) is 30.3 Å². The van der Waals surface area contributed by atoms with Gasteiger partial charge in [-0.25, -0.2) is 4.79 Å². The minimum absolute atomic E-state index is 0.345. The van der Waals surface area contributed by atoms with Gasteiger partial charge in [0.1, 0.15) is 0 Å². The van der Waals surface area contributed by atoms with Crippen LogP contribution in [-0.4, -0.2) is 33.6 Å². The van der Waals surface area contributed by atoms with Crippen LogP contribution in [0.5, 0.6) is 0 Å². The topological polar surface area (TPSA) is 45.5 Å². The molecule has 3 aromatic carbocycles. The Morgan fingerprint density at radius 1 is 0.971 bits per heavy atom. The number of carboxylic acids is 1. The van der Waals surface area contributed by atoms with E-state index in [-0.39, 0.29) is 0 Å². The highest BCUT2D eigenvalue weighted by Gasteiger charge is 2.17. The van der Waals surface area contributed by atoms with E-state index in [1.54, 1.807) is 6.07 Å². The Kier molecular flexibility index (Phi) is 6.74. The predicted molar refractivity (Wildman–Crippen MR) is 143 cm³/mol. The molecule has 1 aromatic heterocycles. The molecule has 1 aliphatic rings. The van der Waals surface area contributed by atoms with Gasteiger partial charge in [-0.2, -0.15) is 0 Å². The zero-order valence-corrected chi connectivity index (χ0v) is 20.7. The molecule has 0 saturated heterocycles. The van der Waals surface area contributed by atoms with Gasteiger partial charge >= 0.3 is 5.97 Å². The molecule has 5 rings (SSSR count). The molecule has 0 amide bonds. The lowest BCUT2D eigenvalue weighted by Crippen LogP contribution is -2.31. The summed E-state index contributed by atoms with van der Waals surface area (Å²) in [6.07, 6.45) is 6.49. The molecule has 0 unspecified atom stereocenters. The van der Waals surface area contributed by atoms with Gasteiger partial charge in [0.15, 0.2) is 0 Å². The zero-order chi connectivity index (χ0) is 24.4. The van der Waals surface area contributed by atoms with Crippen LogP contribution in [-0.2, 0) is 19.4 Å². The number of hydrogen-bond donors (Lipinski definition) is 1. The van der Waals surface area contributed by atoms with E-state index in [4.69, 9.17) is 0 Å². The fourth-order valence-corrected chi connectivity index (χ4v) is 5.26. The average Bonchev–Trinajstić information content (AvgIpc) is 3.24. The van der Waals surface area contributed by atoms with Crippen molar-refractivity contribution in [2.75, 3.05) is 13.1 Å². The van der Waals surface area contributed by atoms with Crippen molar-refractivity contribution in [3.05, 3.63) is 101 Å². The van der Waals surface area contributed by atoms with E-state index in [0.29, 0.717) is 11.5 Å². The summed E-state index contributed by atoms with van der Waals surface area (Å²) in [5.41, 5.74) is 8.17. The Hall–Kier alpha value is -3.37. The van der Waals surface area contributed by atoms with Gasteiger partial charge in [-0.3, -0.25) is 4.90 Å². The monoisotopic (exact) mass is 466 g/mol. The summed E-state index contributed by atoms with van der Waals surface area (Å²) >= 11 is 0. The lowest BCUT2D eigenvalue weighted by molar-refractivity contribution is 0.0697. The first-order chi connectivity index (χ1) is 17.0. The fourth-order valence-electron chi connectivity index (χ4n) is 5.26. The summed E-state index contributed by atoms with van der Waals surface area (Å²) in [6.45, 7) is 7.79. The fraction of sp³-hybridized carbons (Fsp3) is 0.323. The van der Waals surface area contributed by atoms with E-state index < -0.39 is 5.97 Å². The van der Waals surface area contributed by atoms with Crippen molar-refractivity contribution in [2.24, 2.45) is 0 Å². The summed E-state index contributed by atoms with van der Waals surface area (Å²) in [5.74, 6) is -0.297. The number of aromatic carboxylic acids is 1. The standard InChI is InChI=1S/C31H34N2O2/c1-22(2)23-11-12-26-20-32(17-15-24(26)18-23)16-7-6-8-27-21-33(28-9-4-3-5-10-28)30-14-13-25(31(34)35)19-29(27)30/h3-5,9-14,18-19,21-22H,6-8,15-17,20H2,1-2H3,(H,34,35). The third kappa shape index (κ3) is 5.03. The van der Waals surface area contributed by atoms with Crippen molar-refractivity contribution < 1.29 is 9.90 Å². The third-order valence-corrected chi connectivity index (χ3v) is 7.33.